The lowest BCUT2D eigenvalue weighted by molar-refractivity contribution is -0.384. The van der Waals surface area contributed by atoms with Crippen LogP contribution in [0.3, 0.4) is 0 Å². The van der Waals surface area contributed by atoms with Gasteiger partial charge in [-0.3, -0.25) is 14.9 Å². The number of nitrogens with one attached hydrogen (secondary N) is 2. The molecule has 0 saturated heterocycles. The summed E-state index contributed by atoms with van der Waals surface area (Å²) >= 11 is 0. The average molecular weight is 279 g/mol. The van der Waals surface area contributed by atoms with E-state index >= 15 is 0 Å². The fourth-order valence-electron chi connectivity index (χ4n) is 1.89. The van der Waals surface area contributed by atoms with Gasteiger partial charge in [0, 0.05) is 12.1 Å². The highest BCUT2D eigenvalue weighted by Gasteiger charge is 2.27. The van der Waals surface area contributed by atoms with Gasteiger partial charge in [0.05, 0.1) is 16.5 Å². The molecule has 110 valence electrons. The first-order valence-corrected chi connectivity index (χ1v) is 6.58. The van der Waals surface area contributed by atoms with E-state index in [1.54, 1.807) is 32.9 Å². The van der Waals surface area contributed by atoms with E-state index < -0.39 is 10.5 Å². The minimum absolute atomic E-state index is 0.0227. The molecule has 6 heteroatoms. The highest BCUT2D eigenvalue weighted by Crippen LogP contribution is 2.19. The van der Waals surface area contributed by atoms with Crippen LogP contribution in [-0.2, 0) is 4.79 Å². The van der Waals surface area contributed by atoms with Crippen molar-refractivity contribution in [3.8, 4) is 0 Å². The van der Waals surface area contributed by atoms with E-state index in [1.165, 1.54) is 12.1 Å². The quantitative estimate of drug-likeness (QED) is 0.617. The minimum Gasteiger partial charge on any atom is -0.348 e. The molecule has 0 saturated carbocycles. The van der Waals surface area contributed by atoms with Crippen LogP contribution in [0, 0.1) is 10.1 Å². The molecule has 1 aromatic rings. The van der Waals surface area contributed by atoms with Gasteiger partial charge in [-0.2, -0.15) is 0 Å². The number of amides is 1. The van der Waals surface area contributed by atoms with Gasteiger partial charge >= 0.3 is 0 Å². The molecule has 2 N–H and O–H groups in total. The lowest BCUT2D eigenvalue weighted by Crippen LogP contribution is -2.52. The first-order valence-electron chi connectivity index (χ1n) is 6.58. The zero-order valence-electron chi connectivity index (χ0n) is 12.3. The van der Waals surface area contributed by atoms with E-state index in [0.29, 0.717) is 12.1 Å². The third-order valence-corrected chi connectivity index (χ3v) is 3.12. The second kappa shape index (κ2) is 6.47. The summed E-state index contributed by atoms with van der Waals surface area (Å²) in [5.74, 6) is -0.140. The van der Waals surface area contributed by atoms with Gasteiger partial charge < -0.3 is 10.6 Å². The smallest absolute Gasteiger partial charge is 0.269 e. The van der Waals surface area contributed by atoms with Crippen molar-refractivity contribution in [2.24, 2.45) is 0 Å². The number of carbonyl (C=O) groups excluding carboxylic acids is 1. The van der Waals surface area contributed by atoms with E-state index in [0.717, 1.165) is 0 Å². The zero-order valence-corrected chi connectivity index (χ0v) is 12.3. The third kappa shape index (κ3) is 4.03. The fraction of sp³-hybridized carbons (Fsp3) is 0.500. The lowest BCUT2D eigenvalue weighted by atomic mass is 10.0. The Balaban J connectivity index is 2.81. The van der Waals surface area contributed by atoms with Crippen molar-refractivity contribution in [2.75, 3.05) is 6.54 Å². The van der Waals surface area contributed by atoms with Crippen LogP contribution in [-0.4, -0.2) is 22.9 Å². The van der Waals surface area contributed by atoms with Gasteiger partial charge in [0.25, 0.3) is 5.69 Å². The van der Waals surface area contributed by atoms with Gasteiger partial charge in [0.2, 0.25) is 5.91 Å². The molecule has 1 aromatic carbocycles. The molecule has 1 atom stereocenters. The molecule has 6 nitrogen and oxygen atoms in total. The summed E-state index contributed by atoms with van der Waals surface area (Å²) in [6.45, 7) is 8.02. The van der Waals surface area contributed by atoms with Gasteiger partial charge in [0.15, 0.2) is 0 Å². The Kier molecular flexibility index (Phi) is 5.21. The van der Waals surface area contributed by atoms with Crippen molar-refractivity contribution in [1.82, 2.24) is 10.6 Å². The number of hydrogen-bond acceptors (Lipinski definition) is 4. The average Bonchev–Trinajstić information content (AvgIpc) is 2.38. The Hall–Kier alpha value is -1.95. The van der Waals surface area contributed by atoms with Crippen molar-refractivity contribution >= 4 is 11.6 Å². The number of non-ortho nitro benzene ring substituents is 1. The molecule has 0 heterocycles. The molecule has 1 amide bonds. The summed E-state index contributed by atoms with van der Waals surface area (Å²) in [5.41, 5.74) is 0.0541. The molecule has 0 aliphatic rings. The van der Waals surface area contributed by atoms with Crippen molar-refractivity contribution in [3.05, 3.63) is 39.9 Å². The third-order valence-electron chi connectivity index (χ3n) is 3.12. The molecule has 20 heavy (non-hydrogen) atoms. The molecule has 1 unspecified atom stereocenters. The Morgan fingerprint density at radius 2 is 2.10 bits per heavy atom. The summed E-state index contributed by atoms with van der Waals surface area (Å²) in [4.78, 5) is 22.5. The summed E-state index contributed by atoms with van der Waals surface area (Å²) in [6, 6.07) is 6.00. The van der Waals surface area contributed by atoms with E-state index in [2.05, 4.69) is 10.6 Å². The molecule has 0 fully saturated rings. The molecule has 1 rings (SSSR count). The summed E-state index contributed by atoms with van der Waals surface area (Å²) in [7, 11) is 0. The molecule has 0 bridgehead atoms. The maximum absolute atomic E-state index is 12.1. The number of carbonyl (C=O) groups is 1. The van der Waals surface area contributed by atoms with Crippen molar-refractivity contribution in [1.29, 1.82) is 0 Å². The van der Waals surface area contributed by atoms with Crippen LogP contribution in [0.4, 0.5) is 5.69 Å². The SMILES string of the molecule is CCNC(C)(C)C(=O)NC(C)c1cccc([N+](=O)[O-])c1. The van der Waals surface area contributed by atoms with Crippen LogP contribution in [0.2, 0.25) is 0 Å². The molecule has 0 radical (unpaired) electrons. The number of benzene rings is 1. The zero-order chi connectivity index (χ0) is 15.3. The summed E-state index contributed by atoms with van der Waals surface area (Å²) < 4.78 is 0. The Bertz CT molecular complexity index is 500. The minimum atomic E-state index is -0.677. The topological polar surface area (TPSA) is 84.3 Å². The van der Waals surface area contributed by atoms with E-state index in [4.69, 9.17) is 0 Å². The Labute approximate surface area is 118 Å². The molecular formula is C14H21N3O3. The fourth-order valence-corrected chi connectivity index (χ4v) is 1.89. The molecule has 0 aliphatic heterocycles. The van der Waals surface area contributed by atoms with Gasteiger partial charge in [0.1, 0.15) is 0 Å². The summed E-state index contributed by atoms with van der Waals surface area (Å²) in [6.07, 6.45) is 0. The second-order valence-corrected chi connectivity index (χ2v) is 5.20. The normalized spacial score (nSPS) is 12.8. The van der Waals surface area contributed by atoms with Gasteiger partial charge in [-0.15, -0.1) is 0 Å². The number of nitro benzene ring substituents is 1. The number of likely N-dealkylation sites (N-methyl/N-ethyl adjacent to an activating group) is 1. The monoisotopic (exact) mass is 279 g/mol. The second-order valence-electron chi connectivity index (χ2n) is 5.20. The van der Waals surface area contributed by atoms with Crippen LogP contribution in [0.25, 0.3) is 0 Å². The highest BCUT2D eigenvalue weighted by molar-refractivity contribution is 5.85. The molecule has 0 aliphatic carbocycles. The predicted molar refractivity (Wildman–Crippen MR) is 77.4 cm³/mol. The summed E-state index contributed by atoms with van der Waals surface area (Å²) in [5, 5.41) is 16.7. The standard InChI is InChI=1S/C14H21N3O3/c1-5-15-14(3,4)13(18)16-10(2)11-7-6-8-12(9-11)17(19)20/h6-10,15H,5H2,1-4H3,(H,16,18). The van der Waals surface area contributed by atoms with Crippen LogP contribution in [0.1, 0.15) is 39.3 Å². The Morgan fingerprint density at radius 3 is 2.65 bits per heavy atom. The lowest BCUT2D eigenvalue weighted by Gasteiger charge is -2.26. The van der Waals surface area contributed by atoms with E-state index in [-0.39, 0.29) is 17.6 Å². The Morgan fingerprint density at radius 1 is 1.45 bits per heavy atom. The van der Waals surface area contributed by atoms with E-state index in [1.807, 2.05) is 6.92 Å². The highest BCUT2D eigenvalue weighted by atomic mass is 16.6. The maximum atomic E-state index is 12.1. The number of rotatable bonds is 6. The van der Waals surface area contributed by atoms with Crippen molar-refractivity contribution < 1.29 is 9.72 Å². The maximum Gasteiger partial charge on any atom is 0.269 e. The number of nitrogens with zero attached hydrogens (tertiary/aromatic N) is 1. The van der Waals surface area contributed by atoms with E-state index in [9.17, 15) is 14.9 Å². The number of nitro groups is 1. The van der Waals surface area contributed by atoms with Gasteiger partial charge in [-0.05, 0) is 32.9 Å². The van der Waals surface area contributed by atoms with Crippen molar-refractivity contribution in [2.45, 2.75) is 39.3 Å². The molecular weight excluding hydrogens is 258 g/mol. The van der Waals surface area contributed by atoms with Crippen LogP contribution >= 0.6 is 0 Å². The predicted octanol–water partition coefficient (Wildman–Crippen LogP) is 2.16. The van der Waals surface area contributed by atoms with Crippen LogP contribution < -0.4 is 10.6 Å². The molecule has 0 spiro atoms. The van der Waals surface area contributed by atoms with Gasteiger partial charge in [-0.25, -0.2) is 0 Å². The first kappa shape index (κ1) is 16.1. The van der Waals surface area contributed by atoms with Gasteiger partial charge in [-0.1, -0.05) is 19.1 Å². The number of hydrogen-bond donors (Lipinski definition) is 2. The van der Waals surface area contributed by atoms with Crippen molar-refractivity contribution in [3.63, 3.8) is 0 Å². The first-order chi connectivity index (χ1) is 9.27. The van der Waals surface area contributed by atoms with Crippen LogP contribution in [0.15, 0.2) is 24.3 Å². The van der Waals surface area contributed by atoms with Crippen LogP contribution in [0.5, 0.6) is 0 Å². The molecule has 0 aromatic heterocycles. The largest absolute Gasteiger partial charge is 0.348 e.